The lowest BCUT2D eigenvalue weighted by atomic mass is 10.4. The molecule has 0 saturated carbocycles. The minimum Gasteiger partial charge on any atom is -0.454 e. The van der Waals surface area contributed by atoms with Gasteiger partial charge in [0.1, 0.15) is 11.0 Å². The first-order valence-electron chi connectivity index (χ1n) is 4.32. The highest BCUT2D eigenvalue weighted by molar-refractivity contribution is 7.13. The van der Waals surface area contributed by atoms with Crippen LogP contribution in [-0.2, 0) is 4.74 Å². The summed E-state index contributed by atoms with van der Waals surface area (Å²) in [6.07, 6.45) is 1.32. The molecular formula is C10H13NO2S. The Morgan fingerprint density at radius 1 is 1.64 bits per heavy atom. The molecule has 14 heavy (non-hydrogen) atoms. The summed E-state index contributed by atoms with van der Waals surface area (Å²) in [5, 5.41) is 0.876. The molecule has 0 aliphatic carbocycles. The average Bonchev–Trinajstić information content (AvgIpc) is 2.45. The van der Waals surface area contributed by atoms with Gasteiger partial charge in [-0.25, -0.2) is 9.78 Å². The number of esters is 1. The molecule has 76 valence electrons. The van der Waals surface area contributed by atoms with Gasteiger partial charge in [-0.1, -0.05) is 12.7 Å². The normalized spacial score (nSPS) is 12.2. The van der Waals surface area contributed by atoms with Gasteiger partial charge < -0.3 is 4.74 Å². The second-order valence-corrected chi connectivity index (χ2v) is 4.20. The quantitative estimate of drug-likeness (QED) is 0.569. The van der Waals surface area contributed by atoms with E-state index in [2.05, 4.69) is 11.6 Å². The Bertz CT molecular complexity index is 357. The van der Waals surface area contributed by atoms with Crippen molar-refractivity contribution in [2.45, 2.75) is 26.9 Å². The van der Waals surface area contributed by atoms with Crippen LogP contribution < -0.4 is 0 Å². The molecule has 0 aromatic carbocycles. The van der Waals surface area contributed by atoms with Crippen LogP contribution in [0, 0.1) is 13.8 Å². The van der Waals surface area contributed by atoms with Crippen molar-refractivity contribution >= 4 is 17.3 Å². The van der Waals surface area contributed by atoms with Gasteiger partial charge in [-0.05, 0) is 20.8 Å². The lowest BCUT2D eigenvalue weighted by molar-refractivity contribution is 0.0430. The fourth-order valence-corrected chi connectivity index (χ4v) is 1.79. The van der Waals surface area contributed by atoms with Gasteiger partial charge in [0.25, 0.3) is 0 Å². The highest BCUT2D eigenvalue weighted by Crippen LogP contribution is 2.18. The summed E-state index contributed by atoms with van der Waals surface area (Å²) in [6.45, 7) is 8.99. The number of rotatable bonds is 3. The van der Waals surface area contributed by atoms with Crippen molar-refractivity contribution in [2.24, 2.45) is 0 Å². The summed E-state index contributed by atoms with van der Waals surface area (Å²) in [6, 6.07) is 0. The molecule has 4 heteroatoms. The zero-order valence-electron chi connectivity index (χ0n) is 8.53. The summed E-state index contributed by atoms with van der Waals surface area (Å²) in [7, 11) is 0. The third-order valence-corrected chi connectivity index (χ3v) is 2.77. The largest absolute Gasteiger partial charge is 0.454 e. The smallest absolute Gasteiger partial charge is 0.350 e. The molecule has 0 amide bonds. The first kappa shape index (κ1) is 10.9. The topological polar surface area (TPSA) is 39.2 Å². The number of thiazole rings is 1. The molecule has 0 radical (unpaired) electrons. The molecule has 0 aliphatic heterocycles. The van der Waals surface area contributed by atoms with Crippen molar-refractivity contribution in [3.8, 4) is 0 Å². The Morgan fingerprint density at radius 2 is 2.29 bits per heavy atom. The van der Waals surface area contributed by atoms with Crippen LogP contribution in [0.1, 0.15) is 27.3 Å². The van der Waals surface area contributed by atoms with E-state index in [1.807, 2.05) is 6.92 Å². The van der Waals surface area contributed by atoms with Crippen LogP contribution in [0.5, 0.6) is 0 Å². The van der Waals surface area contributed by atoms with Gasteiger partial charge >= 0.3 is 5.97 Å². The van der Waals surface area contributed by atoms with Gasteiger partial charge in [0.05, 0.1) is 10.7 Å². The molecule has 0 unspecified atom stereocenters. The molecule has 1 atom stereocenters. The Balaban J connectivity index is 2.79. The molecule has 0 spiro atoms. The first-order chi connectivity index (χ1) is 6.54. The summed E-state index contributed by atoms with van der Waals surface area (Å²) in [5.41, 5.74) is 0.730. The van der Waals surface area contributed by atoms with Crippen LogP contribution >= 0.6 is 11.3 Å². The minimum atomic E-state index is -0.319. The summed E-state index contributed by atoms with van der Waals surface area (Å²) >= 11 is 1.35. The Hall–Kier alpha value is -1.16. The second kappa shape index (κ2) is 4.37. The van der Waals surface area contributed by atoms with E-state index in [4.69, 9.17) is 4.74 Å². The van der Waals surface area contributed by atoms with E-state index < -0.39 is 0 Å². The van der Waals surface area contributed by atoms with Crippen molar-refractivity contribution in [2.75, 3.05) is 0 Å². The molecule has 0 fully saturated rings. The molecule has 1 aromatic heterocycles. The minimum absolute atomic E-state index is 0.260. The number of nitrogens with zero attached hydrogens (tertiary/aromatic N) is 1. The zero-order valence-corrected chi connectivity index (χ0v) is 9.35. The van der Waals surface area contributed by atoms with Gasteiger partial charge in [0, 0.05) is 0 Å². The predicted octanol–water partition coefficient (Wildman–Crippen LogP) is 2.49. The maximum Gasteiger partial charge on any atom is 0.350 e. The van der Waals surface area contributed by atoms with Gasteiger partial charge in [0.2, 0.25) is 0 Å². The zero-order chi connectivity index (χ0) is 10.7. The molecule has 1 heterocycles. The van der Waals surface area contributed by atoms with Gasteiger partial charge in [-0.2, -0.15) is 0 Å². The third-order valence-electron chi connectivity index (χ3n) is 1.71. The Morgan fingerprint density at radius 3 is 2.71 bits per heavy atom. The lowest BCUT2D eigenvalue weighted by Gasteiger charge is -2.06. The second-order valence-electron chi connectivity index (χ2n) is 2.99. The number of ether oxygens (including phenoxy) is 1. The molecule has 0 saturated heterocycles. The van der Waals surface area contributed by atoms with Crippen LogP contribution in [0.4, 0.5) is 0 Å². The van der Waals surface area contributed by atoms with Gasteiger partial charge in [0.15, 0.2) is 0 Å². The molecule has 0 N–H and O–H groups in total. The van der Waals surface area contributed by atoms with Crippen molar-refractivity contribution in [1.29, 1.82) is 0 Å². The Kier molecular flexibility index (Phi) is 3.41. The lowest BCUT2D eigenvalue weighted by Crippen LogP contribution is -2.12. The van der Waals surface area contributed by atoms with E-state index in [1.165, 1.54) is 11.3 Å². The van der Waals surface area contributed by atoms with E-state index >= 15 is 0 Å². The standard InChI is InChI=1S/C10H13NO2S/c1-5-6(2)13-10(12)9-7(3)11-8(4)14-9/h5-6H,1H2,2-4H3/t6-/m0/s1. The van der Waals surface area contributed by atoms with Crippen molar-refractivity contribution in [3.05, 3.63) is 28.2 Å². The van der Waals surface area contributed by atoms with Crippen molar-refractivity contribution in [1.82, 2.24) is 4.98 Å². The highest BCUT2D eigenvalue weighted by Gasteiger charge is 2.16. The van der Waals surface area contributed by atoms with Crippen LogP contribution in [0.2, 0.25) is 0 Å². The molecule has 1 aromatic rings. The highest BCUT2D eigenvalue weighted by atomic mass is 32.1. The predicted molar refractivity (Wildman–Crippen MR) is 56.7 cm³/mol. The fraction of sp³-hybridized carbons (Fsp3) is 0.400. The maximum absolute atomic E-state index is 11.5. The summed E-state index contributed by atoms with van der Waals surface area (Å²) in [4.78, 5) is 16.3. The number of hydrogen-bond acceptors (Lipinski definition) is 4. The van der Waals surface area contributed by atoms with Crippen molar-refractivity contribution in [3.63, 3.8) is 0 Å². The number of aromatic nitrogens is 1. The van der Waals surface area contributed by atoms with Crippen LogP contribution in [-0.4, -0.2) is 17.1 Å². The van der Waals surface area contributed by atoms with Crippen LogP contribution in [0.15, 0.2) is 12.7 Å². The summed E-state index contributed by atoms with van der Waals surface area (Å²) < 4.78 is 5.09. The maximum atomic E-state index is 11.5. The van der Waals surface area contributed by atoms with Gasteiger partial charge in [-0.3, -0.25) is 0 Å². The third kappa shape index (κ3) is 2.42. The van der Waals surface area contributed by atoms with E-state index in [9.17, 15) is 4.79 Å². The molecule has 0 bridgehead atoms. The number of hydrogen-bond donors (Lipinski definition) is 0. The molecular weight excluding hydrogens is 198 g/mol. The average molecular weight is 211 g/mol. The van der Waals surface area contributed by atoms with Gasteiger partial charge in [-0.15, -0.1) is 11.3 Å². The first-order valence-corrected chi connectivity index (χ1v) is 5.13. The Labute approximate surface area is 87.4 Å². The molecule has 0 aliphatic rings. The molecule has 3 nitrogen and oxygen atoms in total. The van der Waals surface area contributed by atoms with E-state index in [1.54, 1.807) is 19.9 Å². The van der Waals surface area contributed by atoms with E-state index in [-0.39, 0.29) is 12.1 Å². The van der Waals surface area contributed by atoms with Crippen LogP contribution in [0.25, 0.3) is 0 Å². The monoisotopic (exact) mass is 211 g/mol. The van der Waals surface area contributed by atoms with Crippen molar-refractivity contribution < 1.29 is 9.53 Å². The number of carbonyl (C=O) groups is 1. The van der Waals surface area contributed by atoms with E-state index in [0.717, 1.165) is 10.7 Å². The summed E-state index contributed by atoms with van der Waals surface area (Å²) in [5.74, 6) is -0.319. The molecule has 1 rings (SSSR count). The van der Waals surface area contributed by atoms with E-state index in [0.29, 0.717) is 4.88 Å². The fourth-order valence-electron chi connectivity index (χ4n) is 0.991. The number of aryl methyl sites for hydroxylation is 2. The number of carbonyl (C=O) groups excluding carboxylic acids is 1. The van der Waals surface area contributed by atoms with Crippen LogP contribution in [0.3, 0.4) is 0 Å². The SMILES string of the molecule is C=C[C@H](C)OC(=O)c1sc(C)nc1C.